The molecule has 0 saturated carbocycles. The number of likely N-dealkylation sites (N-methyl/N-ethyl adjacent to an activating group) is 1. The summed E-state index contributed by atoms with van der Waals surface area (Å²) in [6.07, 6.45) is 30.9. The smallest absolute Gasteiger partial charge is 0.328 e. The summed E-state index contributed by atoms with van der Waals surface area (Å²) in [6, 6.07) is 0. The lowest BCUT2D eigenvalue weighted by Gasteiger charge is -2.33. The van der Waals surface area contributed by atoms with Crippen molar-refractivity contribution in [3.8, 4) is 0 Å². The summed E-state index contributed by atoms with van der Waals surface area (Å²) >= 11 is 0. The van der Waals surface area contributed by atoms with Crippen molar-refractivity contribution in [3.05, 3.63) is 117 Å². The number of hydrogen-bond acceptors (Lipinski definition) is 3. The fraction of sp³-hybridized carbons (Fsp3) is 0.500. The Kier molecular flexibility index (Phi) is 21.8. The topological polar surface area (TPSA) is 92.4 Å². The second kappa shape index (κ2) is 23.6. The van der Waals surface area contributed by atoms with E-state index in [9.17, 15) is 9.59 Å². The maximum absolute atomic E-state index is 11.5. The van der Waals surface area contributed by atoms with Gasteiger partial charge in [0, 0.05) is 18.7 Å². The summed E-state index contributed by atoms with van der Waals surface area (Å²) in [4.78, 5) is 22.0. The molecule has 0 aromatic rings. The Bertz CT molecular complexity index is 1400. The molecule has 5 heteroatoms. The standard InChI is InChI=1S/C22H33NO.C20H28O2.C2H7N/c1-7-23-21(24)16-18(3)11-8-10-17(2)13-14-20-19(4)12-9-15-22(20,5)6;1-15(8-6-9-16(2)14-19(21)22)11-12-18-17(3)10-7-13-20(18,4)5;1-2-3/h8,10-11,13-14,16H,7,9,12,15H2,1-6H3,(H,23,24);6,8-9,11-12,14H,7,10,13H2,1-5H3,(H,21,22);2-3H2,1H3/b11-8+,14-13+,17-10+,18-16-;9-6+,12-11+,15-8+,16-14-;. The molecule has 0 unspecified atom stereocenters. The summed E-state index contributed by atoms with van der Waals surface area (Å²) in [5.41, 5.74) is 15.4. The average Bonchev–Trinajstić information content (AvgIpc) is 2.96. The van der Waals surface area contributed by atoms with Gasteiger partial charge < -0.3 is 16.2 Å². The van der Waals surface area contributed by atoms with E-state index in [0.29, 0.717) is 6.54 Å². The van der Waals surface area contributed by atoms with E-state index in [1.807, 2.05) is 45.1 Å². The van der Waals surface area contributed by atoms with Gasteiger partial charge in [-0.15, -0.1) is 0 Å². The van der Waals surface area contributed by atoms with Crippen LogP contribution in [0.5, 0.6) is 0 Å². The number of nitrogens with one attached hydrogen (secondary N) is 1. The van der Waals surface area contributed by atoms with Gasteiger partial charge in [0.1, 0.15) is 0 Å². The quantitative estimate of drug-likeness (QED) is 0.150. The number of nitrogens with two attached hydrogens (primary N) is 1. The van der Waals surface area contributed by atoms with Crippen molar-refractivity contribution < 1.29 is 14.7 Å². The van der Waals surface area contributed by atoms with Crippen LogP contribution in [0.2, 0.25) is 0 Å². The van der Waals surface area contributed by atoms with Crippen molar-refractivity contribution in [2.45, 2.75) is 122 Å². The largest absolute Gasteiger partial charge is 0.478 e. The molecule has 0 bridgehead atoms. The predicted octanol–water partition coefficient (Wildman–Crippen LogP) is 11.2. The molecule has 0 radical (unpaired) electrons. The molecule has 0 aromatic heterocycles. The van der Waals surface area contributed by atoms with E-state index in [1.165, 1.54) is 72.5 Å². The zero-order valence-corrected chi connectivity index (χ0v) is 32.9. The number of carbonyl (C=O) groups excluding carboxylic acids is 1. The molecular weight excluding hydrogens is 604 g/mol. The summed E-state index contributed by atoms with van der Waals surface area (Å²) < 4.78 is 0. The molecule has 0 atom stereocenters. The molecule has 0 saturated heterocycles. The van der Waals surface area contributed by atoms with Crippen LogP contribution in [0.1, 0.15) is 122 Å². The SMILES string of the molecule is CC1=C(/C=C/C(C)=C/C=C/C(C)=C\C(=O)O)C(C)(C)CCC1.CCN.CCNC(=O)\C=C(C)/C=C/C=C(C)/C=C/C1=C(C)CCCC1(C)C. The lowest BCUT2D eigenvalue weighted by Crippen LogP contribution is -2.20. The minimum atomic E-state index is -0.912. The van der Waals surface area contributed by atoms with Gasteiger partial charge in [0.2, 0.25) is 5.91 Å². The van der Waals surface area contributed by atoms with Gasteiger partial charge in [-0.25, -0.2) is 4.79 Å². The van der Waals surface area contributed by atoms with Crippen molar-refractivity contribution >= 4 is 11.9 Å². The zero-order chi connectivity index (χ0) is 37.6. The first-order chi connectivity index (χ1) is 22.9. The summed E-state index contributed by atoms with van der Waals surface area (Å²) in [7, 11) is 0. The van der Waals surface area contributed by atoms with Crippen LogP contribution in [0.15, 0.2) is 117 Å². The van der Waals surface area contributed by atoms with Gasteiger partial charge in [-0.1, -0.05) is 118 Å². The van der Waals surface area contributed by atoms with Crippen molar-refractivity contribution in [3.63, 3.8) is 0 Å². The molecule has 272 valence electrons. The van der Waals surface area contributed by atoms with Crippen LogP contribution in [0, 0.1) is 10.8 Å². The Morgan fingerprint density at radius 2 is 1.10 bits per heavy atom. The Hall–Kier alpha value is -3.70. The number of rotatable bonds is 11. The summed E-state index contributed by atoms with van der Waals surface area (Å²) in [5, 5.41) is 11.4. The van der Waals surface area contributed by atoms with E-state index in [2.05, 4.69) is 91.1 Å². The molecule has 0 fully saturated rings. The molecule has 5 nitrogen and oxygen atoms in total. The van der Waals surface area contributed by atoms with Gasteiger partial charge in [0.15, 0.2) is 0 Å². The maximum atomic E-state index is 11.5. The molecule has 2 aliphatic rings. The third-order valence-corrected chi connectivity index (χ3v) is 8.61. The number of hydrogen-bond donors (Lipinski definition) is 3. The van der Waals surface area contributed by atoms with E-state index >= 15 is 0 Å². The fourth-order valence-corrected chi connectivity index (χ4v) is 5.99. The van der Waals surface area contributed by atoms with E-state index in [1.54, 1.807) is 19.1 Å². The van der Waals surface area contributed by atoms with Crippen molar-refractivity contribution in [2.24, 2.45) is 16.6 Å². The Balaban J connectivity index is 0.000000873. The Labute approximate surface area is 300 Å². The van der Waals surface area contributed by atoms with Gasteiger partial charge in [0.05, 0.1) is 0 Å². The highest BCUT2D eigenvalue weighted by atomic mass is 16.4. The summed E-state index contributed by atoms with van der Waals surface area (Å²) in [5.74, 6) is -0.952. The normalized spacial score (nSPS) is 19.0. The second-order valence-corrected chi connectivity index (χ2v) is 14.5. The van der Waals surface area contributed by atoms with Crippen LogP contribution in [0.25, 0.3) is 0 Å². The molecule has 2 rings (SSSR count). The lowest BCUT2D eigenvalue weighted by molar-refractivity contribution is -0.131. The zero-order valence-electron chi connectivity index (χ0n) is 32.9. The number of allylic oxidation sites excluding steroid dienone is 18. The molecule has 0 aromatic carbocycles. The molecule has 1 amide bonds. The fourth-order valence-electron chi connectivity index (χ4n) is 5.99. The molecular formula is C44H68N2O3. The van der Waals surface area contributed by atoms with Gasteiger partial charge in [-0.3, -0.25) is 4.79 Å². The van der Waals surface area contributed by atoms with Crippen LogP contribution in [0.4, 0.5) is 0 Å². The minimum Gasteiger partial charge on any atom is -0.478 e. The molecule has 0 aliphatic heterocycles. The molecule has 0 spiro atoms. The van der Waals surface area contributed by atoms with Crippen LogP contribution >= 0.6 is 0 Å². The van der Waals surface area contributed by atoms with Gasteiger partial charge >= 0.3 is 5.97 Å². The van der Waals surface area contributed by atoms with Gasteiger partial charge in [0.25, 0.3) is 0 Å². The number of aliphatic carboxylic acids is 1. The lowest BCUT2D eigenvalue weighted by atomic mass is 9.72. The summed E-state index contributed by atoms with van der Waals surface area (Å²) in [6.45, 7) is 26.9. The van der Waals surface area contributed by atoms with E-state index < -0.39 is 5.97 Å². The third-order valence-electron chi connectivity index (χ3n) is 8.61. The van der Waals surface area contributed by atoms with Crippen molar-refractivity contribution in [2.75, 3.05) is 13.1 Å². The van der Waals surface area contributed by atoms with E-state index in [-0.39, 0.29) is 16.7 Å². The van der Waals surface area contributed by atoms with Crippen LogP contribution in [0.3, 0.4) is 0 Å². The van der Waals surface area contributed by atoms with Crippen LogP contribution in [-0.4, -0.2) is 30.1 Å². The number of amides is 1. The van der Waals surface area contributed by atoms with E-state index in [4.69, 9.17) is 10.8 Å². The number of carboxylic acid groups (broad SMARTS) is 1. The van der Waals surface area contributed by atoms with Crippen molar-refractivity contribution in [1.82, 2.24) is 5.32 Å². The highest BCUT2D eigenvalue weighted by Crippen LogP contribution is 2.41. The predicted molar refractivity (Wildman–Crippen MR) is 213 cm³/mol. The Morgan fingerprint density at radius 3 is 1.45 bits per heavy atom. The van der Waals surface area contributed by atoms with Crippen molar-refractivity contribution in [1.29, 1.82) is 0 Å². The second-order valence-electron chi connectivity index (χ2n) is 14.5. The number of carboxylic acids is 1. The molecule has 2 aliphatic carbocycles. The number of carbonyl (C=O) groups is 2. The first-order valence-corrected chi connectivity index (χ1v) is 17.9. The van der Waals surface area contributed by atoms with Crippen LogP contribution < -0.4 is 11.1 Å². The molecule has 4 N–H and O–H groups in total. The first kappa shape index (κ1) is 45.3. The molecule has 0 heterocycles. The first-order valence-electron chi connectivity index (χ1n) is 17.9. The Morgan fingerprint density at radius 1 is 0.714 bits per heavy atom. The minimum absolute atomic E-state index is 0.0396. The van der Waals surface area contributed by atoms with E-state index in [0.717, 1.165) is 23.3 Å². The highest BCUT2D eigenvalue weighted by Gasteiger charge is 2.27. The van der Waals surface area contributed by atoms with Gasteiger partial charge in [-0.2, -0.15) is 0 Å². The molecule has 49 heavy (non-hydrogen) atoms. The monoisotopic (exact) mass is 673 g/mol. The van der Waals surface area contributed by atoms with Gasteiger partial charge in [-0.05, 0) is 127 Å². The average molecular weight is 673 g/mol. The van der Waals surface area contributed by atoms with Crippen LogP contribution in [-0.2, 0) is 9.59 Å². The third kappa shape index (κ3) is 19.8. The highest BCUT2D eigenvalue weighted by molar-refractivity contribution is 5.88. The maximum Gasteiger partial charge on any atom is 0.328 e.